The average molecular weight is 332 g/mol. The fourth-order valence-corrected chi connectivity index (χ4v) is 3.54. The molecule has 0 unspecified atom stereocenters. The van der Waals surface area contributed by atoms with Crippen LogP contribution in [-0.2, 0) is 11.3 Å². The third-order valence-electron chi connectivity index (χ3n) is 4.01. The average Bonchev–Trinajstić information content (AvgIpc) is 3.08. The topological polar surface area (TPSA) is 91.5 Å². The summed E-state index contributed by atoms with van der Waals surface area (Å²) < 4.78 is 0. The van der Waals surface area contributed by atoms with Gasteiger partial charge in [-0.1, -0.05) is 18.2 Å². The molecule has 4 N–H and O–H groups in total. The number of thiazole rings is 1. The number of anilines is 2. The number of amides is 1. The van der Waals surface area contributed by atoms with E-state index in [2.05, 4.69) is 10.3 Å². The molecule has 2 atom stereocenters. The molecule has 1 saturated heterocycles. The number of benzene rings is 1. The maximum absolute atomic E-state index is 11.5. The largest absolute Gasteiger partial charge is 0.392 e. The Morgan fingerprint density at radius 2 is 2.30 bits per heavy atom. The van der Waals surface area contributed by atoms with Gasteiger partial charge in [0.15, 0.2) is 5.13 Å². The predicted molar refractivity (Wildman–Crippen MR) is 90.6 cm³/mol. The molecule has 2 aromatic rings. The zero-order chi connectivity index (χ0) is 16.4. The van der Waals surface area contributed by atoms with Crippen LogP contribution in [0.4, 0.5) is 10.8 Å². The fourth-order valence-electron chi connectivity index (χ4n) is 2.82. The number of likely N-dealkylation sites (tertiary alicyclic amines) is 1. The van der Waals surface area contributed by atoms with Gasteiger partial charge in [0.1, 0.15) is 0 Å². The van der Waals surface area contributed by atoms with E-state index in [4.69, 9.17) is 5.73 Å². The number of aryl methyl sites for hydroxylation is 1. The number of aliphatic hydroxyl groups excluding tert-OH is 1. The third-order valence-corrected chi connectivity index (χ3v) is 4.82. The minimum atomic E-state index is -0.504. The monoisotopic (exact) mass is 332 g/mol. The predicted octanol–water partition coefficient (Wildman–Crippen LogP) is 1.62. The summed E-state index contributed by atoms with van der Waals surface area (Å²) in [6.45, 7) is 3.00. The first-order valence-corrected chi connectivity index (χ1v) is 8.39. The molecule has 23 heavy (non-hydrogen) atoms. The number of carbonyl (C=O) groups is 1. The lowest BCUT2D eigenvalue weighted by Crippen LogP contribution is -2.39. The molecule has 0 saturated carbocycles. The van der Waals surface area contributed by atoms with Crippen molar-refractivity contribution in [2.75, 3.05) is 11.9 Å². The number of β-amino-alcohol motifs (C(OH)–C–C–N with tert-alkyl or cyclic N) is 1. The Kier molecular flexibility index (Phi) is 4.61. The highest BCUT2D eigenvalue weighted by atomic mass is 32.1. The molecule has 7 heteroatoms. The molecule has 1 aliphatic heterocycles. The Morgan fingerprint density at radius 3 is 3.04 bits per heavy atom. The number of rotatable bonds is 5. The van der Waals surface area contributed by atoms with Gasteiger partial charge in [-0.05, 0) is 25.0 Å². The maximum Gasteiger partial charge on any atom is 0.234 e. The van der Waals surface area contributed by atoms with Crippen molar-refractivity contribution >= 4 is 28.1 Å². The number of carbonyl (C=O) groups excluding carboxylic acids is 1. The zero-order valence-corrected chi connectivity index (χ0v) is 13.7. The number of hydrogen-bond acceptors (Lipinski definition) is 6. The number of para-hydroxylation sites is 1. The van der Waals surface area contributed by atoms with Gasteiger partial charge >= 0.3 is 0 Å². The van der Waals surface area contributed by atoms with Crippen LogP contribution >= 0.6 is 11.3 Å². The Bertz CT molecular complexity index is 703. The van der Waals surface area contributed by atoms with Gasteiger partial charge in [0, 0.05) is 24.2 Å². The van der Waals surface area contributed by atoms with Crippen LogP contribution in [0.5, 0.6) is 0 Å². The number of nitrogens with two attached hydrogens (primary N) is 1. The van der Waals surface area contributed by atoms with Gasteiger partial charge in [0.05, 0.1) is 17.8 Å². The summed E-state index contributed by atoms with van der Waals surface area (Å²) in [5.41, 5.74) is 8.45. The standard InChI is InChI=1S/C16H20N4O2S/c1-10-4-2-3-5-13(10)19-16-18-11(9-23-16)7-20-8-12(21)6-14(20)15(17)22/h2-5,9,12,14,21H,6-8H2,1H3,(H2,17,22)(H,18,19)/t12-,14+/m1/s1. The molecule has 0 aliphatic carbocycles. The summed E-state index contributed by atoms with van der Waals surface area (Å²) in [6, 6.07) is 7.61. The smallest absolute Gasteiger partial charge is 0.234 e. The van der Waals surface area contributed by atoms with Crippen LogP contribution in [0.3, 0.4) is 0 Å². The van der Waals surface area contributed by atoms with Crippen molar-refractivity contribution in [3.8, 4) is 0 Å². The lowest BCUT2D eigenvalue weighted by Gasteiger charge is -2.20. The van der Waals surface area contributed by atoms with Crippen LogP contribution in [0.25, 0.3) is 0 Å². The van der Waals surface area contributed by atoms with E-state index < -0.39 is 18.1 Å². The van der Waals surface area contributed by atoms with Gasteiger partial charge in [0.2, 0.25) is 5.91 Å². The van der Waals surface area contributed by atoms with Crippen molar-refractivity contribution in [1.82, 2.24) is 9.88 Å². The lowest BCUT2D eigenvalue weighted by molar-refractivity contribution is -0.122. The first kappa shape index (κ1) is 15.9. The van der Waals surface area contributed by atoms with Crippen LogP contribution in [-0.4, -0.2) is 39.6 Å². The second-order valence-electron chi connectivity index (χ2n) is 5.82. The van der Waals surface area contributed by atoms with E-state index >= 15 is 0 Å². The summed E-state index contributed by atoms with van der Waals surface area (Å²) in [6.07, 6.45) is -0.107. The molecule has 0 spiro atoms. The van der Waals surface area contributed by atoms with E-state index in [0.717, 1.165) is 22.1 Å². The van der Waals surface area contributed by atoms with E-state index in [9.17, 15) is 9.90 Å². The molecule has 3 rings (SSSR count). The van der Waals surface area contributed by atoms with E-state index in [1.807, 2.05) is 41.5 Å². The molecule has 0 radical (unpaired) electrons. The molecule has 1 aromatic heterocycles. The van der Waals surface area contributed by atoms with Crippen molar-refractivity contribution in [1.29, 1.82) is 0 Å². The van der Waals surface area contributed by atoms with Crippen molar-refractivity contribution in [2.24, 2.45) is 5.73 Å². The Hall–Kier alpha value is -1.96. The van der Waals surface area contributed by atoms with E-state index in [-0.39, 0.29) is 0 Å². The van der Waals surface area contributed by atoms with Gasteiger partial charge in [0.25, 0.3) is 0 Å². The highest BCUT2D eigenvalue weighted by Crippen LogP contribution is 2.26. The minimum Gasteiger partial charge on any atom is -0.392 e. The van der Waals surface area contributed by atoms with Gasteiger partial charge in [-0.25, -0.2) is 4.98 Å². The van der Waals surface area contributed by atoms with E-state index in [1.165, 1.54) is 11.3 Å². The summed E-state index contributed by atoms with van der Waals surface area (Å²) in [4.78, 5) is 17.9. The third kappa shape index (κ3) is 3.69. The van der Waals surface area contributed by atoms with Gasteiger partial charge in [-0.3, -0.25) is 9.69 Å². The Morgan fingerprint density at radius 1 is 1.52 bits per heavy atom. The molecule has 0 bridgehead atoms. The van der Waals surface area contributed by atoms with Crippen LogP contribution in [0, 0.1) is 6.92 Å². The van der Waals surface area contributed by atoms with E-state index in [0.29, 0.717) is 19.5 Å². The van der Waals surface area contributed by atoms with Gasteiger partial charge in [-0.2, -0.15) is 0 Å². The number of hydrogen-bond donors (Lipinski definition) is 3. The molecular formula is C16H20N4O2S. The second-order valence-corrected chi connectivity index (χ2v) is 6.68. The first-order valence-electron chi connectivity index (χ1n) is 7.51. The molecule has 1 amide bonds. The number of aromatic nitrogens is 1. The van der Waals surface area contributed by atoms with Crippen LogP contribution in [0.2, 0.25) is 0 Å². The molecule has 6 nitrogen and oxygen atoms in total. The minimum absolute atomic E-state index is 0.393. The van der Waals surface area contributed by atoms with Crippen LogP contribution in [0.1, 0.15) is 17.7 Å². The Labute approximate surface area is 139 Å². The molecule has 1 fully saturated rings. The lowest BCUT2D eigenvalue weighted by atomic mass is 10.2. The number of primary amides is 1. The molecular weight excluding hydrogens is 312 g/mol. The number of nitrogens with one attached hydrogen (secondary N) is 1. The molecule has 1 aromatic carbocycles. The highest BCUT2D eigenvalue weighted by molar-refractivity contribution is 7.13. The van der Waals surface area contributed by atoms with Crippen molar-refractivity contribution in [3.63, 3.8) is 0 Å². The van der Waals surface area contributed by atoms with Crippen LogP contribution < -0.4 is 11.1 Å². The quantitative estimate of drug-likeness (QED) is 0.774. The molecule has 2 heterocycles. The zero-order valence-electron chi connectivity index (χ0n) is 12.9. The van der Waals surface area contributed by atoms with Crippen molar-refractivity contribution < 1.29 is 9.90 Å². The van der Waals surface area contributed by atoms with Crippen LogP contribution in [0.15, 0.2) is 29.6 Å². The number of nitrogens with zero attached hydrogens (tertiary/aromatic N) is 2. The molecule has 1 aliphatic rings. The fraction of sp³-hybridized carbons (Fsp3) is 0.375. The molecule has 122 valence electrons. The summed E-state index contributed by atoms with van der Waals surface area (Å²) in [5.74, 6) is -0.393. The summed E-state index contributed by atoms with van der Waals surface area (Å²) in [5, 5.41) is 15.8. The normalized spacial score (nSPS) is 21.5. The van der Waals surface area contributed by atoms with Crippen molar-refractivity contribution in [2.45, 2.75) is 32.0 Å². The summed E-state index contributed by atoms with van der Waals surface area (Å²) in [7, 11) is 0. The second kappa shape index (κ2) is 6.66. The highest BCUT2D eigenvalue weighted by Gasteiger charge is 2.34. The number of aliphatic hydroxyl groups is 1. The van der Waals surface area contributed by atoms with E-state index in [1.54, 1.807) is 0 Å². The SMILES string of the molecule is Cc1ccccc1Nc1nc(CN2C[C@H](O)C[C@H]2C(N)=O)cs1. The first-order chi connectivity index (χ1) is 11.0. The van der Waals surface area contributed by atoms with Gasteiger partial charge < -0.3 is 16.2 Å². The van der Waals surface area contributed by atoms with Crippen molar-refractivity contribution in [3.05, 3.63) is 40.9 Å². The maximum atomic E-state index is 11.5. The van der Waals surface area contributed by atoms with Gasteiger partial charge in [-0.15, -0.1) is 11.3 Å². The Balaban J connectivity index is 1.68. The summed E-state index contributed by atoms with van der Waals surface area (Å²) >= 11 is 1.52.